The molecule has 1 atom stereocenters. The molecule has 0 aliphatic heterocycles. The standard InChI is InChI=1S/C6H13NO2.ClH.Li/c1-4(2)3-5(7)6(8)9;;/h4-5H,3,7H2,1-2H3,(H,8,9);1H;/q;;+1/p-1/t5-;;/m0../s1. The molecule has 0 bridgehead atoms. The van der Waals surface area contributed by atoms with E-state index in [-0.39, 0.29) is 31.3 Å². The second-order valence-electron chi connectivity index (χ2n) is 2.57. The number of carboxylic acid groups (broad SMARTS) is 1. The summed E-state index contributed by atoms with van der Waals surface area (Å²) >= 11 is 0. The molecule has 0 fully saturated rings. The van der Waals surface area contributed by atoms with Crippen LogP contribution in [-0.2, 0) is 4.79 Å². The largest absolute Gasteiger partial charge is 1.00 e. The molecule has 0 heterocycles. The van der Waals surface area contributed by atoms with Crippen LogP contribution in [0, 0.1) is 5.92 Å². The fourth-order valence-corrected chi connectivity index (χ4v) is 0.609. The first-order chi connectivity index (χ1) is 4.04. The Bertz CT molecular complexity index is 111. The number of carbonyl (C=O) groups is 1. The Balaban J connectivity index is -0.000000320. The number of hydrogen-bond acceptors (Lipinski definition) is 2. The van der Waals surface area contributed by atoms with Crippen molar-refractivity contribution in [2.45, 2.75) is 26.3 Å². The normalized spacial score (nSPS) is 11.3. The zero-order chi connectivity index (χ0) is 7.44. The molecule has 0 spiro atoms. The molecule has 11 heavy (non-hydrogen) atoms. The summed E-state index contributed by atoms with van der Waals surface area (Å²) in [4.78, 5) is 10.1. The molecule has 62 valence electrons. The SMILES string of the molecule is CC(C)C[C@H](N)C(=O)O.[Cl-].[Li+]. The van der Waals surface area contributed by atoms with Crippen molar-refractivity contribution < 1.29 is 41.2 Å². The van der Waals surface area contributed by atoms with Gasteiger partial charge in [-0.05, 0) is 12.3 Å². The van der Waals surface area contributed by atoms with E-state index in [1.165, 1.54) is 0 Å². The van der Waals surface area contributed by atoms with Crippen molar-refractivity contribution in [1.29, 1.82) is 0 Å². The molecule has 0 rings (SSSR count). The molecule has 0 aromatic heterocycles. The molecule has 0 unspecified atom stereocenters. The van der Waals surface area contributed by atoms with E-state index in [0.29, 0.717) is 12.3 Å². The number of carboxylic acids is 1. The molecular weight excluding hydrogens is 160 g/mol. The number of rotatable bonds is 3. The van der Waals surface area contributed by atoms with Crippen LogP contribution in [-0.4, -0.2) is 17.1 Å². The van der Waals surface area contributed by atoms with Crippen LogP contribution in [0.25, 0.3) is 0 Å². The van der Waals surface area contributed by atoms with Gasteiger partial charge in [-0.25, -0.2) is 0 Å². The predicted octanol–water partition coefficient (Wildman–Crippen LogP) is -5.55. The summed E-state index contributed by atoms with van der Waals surface area (Å²) in [6, 6.07) is -0.690. The molecular formula is C6H13ClLiNO2. The number of halogens is 1. The van der Waals surface area contributed by atoms with E-state index in [1.54, 1.807) is 0 Å². The molecule has 0 aliphatic carbocycles. The van der Waals surface area contributed by atoms with Gasteiger partial charge < -0.3 is 23.2 Å². The van der Waals surface area contributed by atoms with Gasteiger partial charge in [-0.2, -0.15) is 0 Å². The van der Waals surface area contributed by atoms with E-state index in [0.717, 1.165) is 0 Å². The van der Waals surface area contributed by atoms with Crippen LogP contribution in [0.5, 0.6) is 0 Å². The van der Waals surface area contributed by atoms with Gasteiger partial charge in [-0.15, -0.1) is 0 Å². The van der Waals surface area contributed by atoms with Crippen molar-refractivity contribution in [2.24, 2.45) is 11.7 Å². The van der Waals surface area contributed by atoms with E-state index in [2.05, 4.69) is 0 Å². The molecule has 0 aromatic carbocycles. The van der Waals surface area contributed by atoms with Gasteiger partial charge in [0.2, 0.25) is 0 Å². The summed E-state index contributed by atoms with van der Waals surface area (Å²) < 4.78 is 0. The van der Waals surface area contributed by atoms with Crippen molar-refractivity contribution in [3.8, 4) is 0 Å². The molecule has 0 aromatic rings. The summed E-state index contributed by atoms with van der Waals surface area (Å²) in [5.74, 6) is -0.556. The molecule has 0 saturated heterocycles. The van der Waals surface area contributed by atoms with Gasteiger partial charge in [0.25, 0.3) is 0 Å². The molecule has 0 amide bonds. The Kier molecular flexibility index (Phi) is 13.3. The quantitative estimate of drug-likeness (QED) is 0.419. The van der Waals surface area contributed by atoms with Crippen LogP contribution in [0.2, 0.25) is 0 Å². The van der Waals surface area contributed by atoms with Gasteiger partial charge in [-0.1, -0.05) is 13.8 Å². The van der Waals surface area contributed by atoms with Gasteiger partial charge >= 0.3 is 24.8 Å². The maximum absolute atomic E-state index is 10.1. The van der Waals surface area contributed by atoms with E-state index in [1.807, 2.05) is 13.8 Å². The molecule has 3 nitrogen and oxygen atoms in total. The first kappa shape index (κ1) is 17.4. The zero-order valence-corrected chi connectivity index (χ0v) is 7.93. The van der Waals surface area contributed by atoms with Crippen LogP contribution < -0.4 is 37.0 Å². The number of aliphatic carboxylic acids is 1. The maximum Gasteiger partial charge on any atom is 1.00 e. The predicted molar refractivity (Wildman–Crippen MR) is 35.1 cm³/mol. The van der Waals surface area contributed by atoms with E-state index in [9.17, 15) is 4.79 Å². The molecule has 0 radical (unpaired) electrons. The second kappa shape index (κ2) is 8.41. The fourth-order valence-electron chi connectivity index (χ4n) is 0.609. The summed E-state index contributed by atoms with van der Waals surface area (Å²) in [6.45, 7) is 3.89. The summed E-state index contributed by atoms with van der Waals surface area (Å²) in [5, 5.41) is 8.31. The van der Waals surface area contributed by atoms with Crippen LogP contribution >= 0.6 is 0 Å². The van der Waals surface area contributed by atoms with Crippen molar-refractivity contribution in [1.82, 2.24) is 0 Å². The van der Waals surface area contributed by atoms with E-state index >= 15 is 0 Å². The van der Waals surface area contributed by atoms with Crippen molar-refractivity contribution in [2.75, 3.05) is 0 Å². The van der Waals surface area contributed by atoms with Gasteiger partial charge in [0.05, 0.1) is 0 Å². The Morgan fingerprint density at radius 2 is 1.91 bits per heavy atom. The smallest absolute Gasteiger partial charge is 1.00 e. The maximum atomic E-state index is 10.1. The Hall–Kier alpha value is 0.317. The fraction of sp³-hybridized carbons (Fsp3) is 0.833. The van der Waals surface area contributed by atoms with Crippen LogP contribution in [0.4, 0.5) is 0 Å². The molecule has 0 aliphatic rings. The monoisotopic (exact) mass is 173 g/mol. The third kappa shape index (κ3) is 10.3. The average molecular weight is 174 g/mol. The summed E-state index contributed by atoms with van der Waals surface area (Å²) in [6.07, 6.45) is 0.551. The van der Waals surface area contributed by atoms with Gasteiger partial charge in [0.15, 0.2) is 0 Å². The zero-order valence-electron chi connectivity index (χ0n) is 7.17. The molecule has 5 heteroatoms. The third-order valence-corrected chi connectivity index (χ3v) is 1.04. The van der Waals surface area contributed by atoms with Gasteiger partial charge in [0, 0.05) is 0 Å². The topological polar surface area (TPSA) is 63.3 Å². The molecule has 3 N–H and O–H groups in total. The first-order valence-corrected chi connectivity index (χ1v) is 3.02. The second-order valence-corrected chi connectivity index (χ2v) is 2.57. The third-order valence-electron chi connectivity index (χ3n) is 1.04. The van der Waals surface area contributed by atoms with Crippen LogP contribution in [0.15, 0.2) is 0 Å². The Morgan fingerprint density at radius 1 is 1.55 bits per heavy atom. The van der Waals surface area contributed by atoms with Crippen molar-refractivity contribution in [3.05, 3.63) is 0 Å². The van der Waals surface area contributed by atoms with Crippen LogP contribution in [0.3, 0.4) is 0 Å². The van der Waals surface area contributed by atoms with Crippen molar-refractivity contribution >= 4 is 5.97 Å². The Morgan fingerprint density at radius 3 is 2.00 bits per heavy atom. The van der Waals surface area contributed by atoms with Gasteiger partial charge in [-0.3, -0.25) is 4.79 Å². The number of nitrogens with two attached hydrogens (primary N) is 1. The number of hydrogen-bond donors (Lipinski definition) is 2. The average Bonchev–Trinajstić information content (AvgIpc) is 1.63. The minimum absolute atomic E-state index is 0. The van der Waals surface area contributed by atoms with Crippen LogP contribution in [0.1, 0.15) is 20.3 Å². The van der Waals surface area contributed by atoms with E-state index in [4.69, 9.17) is 10.8 Å². The minimum Gasteiger partial charge on any atom is -1.00 e. The van der Waals surface area contributed by atoms with Crippen molar-refractivity contribution in [3.63, 3.8) is 0 Å². The van der Waals surface area contributed by atoms with Gasteiger partial charge in [0.1, 0.15) is 6.04 Å². The first-order valence-electron chi connectivity index (χ1n) is 3.02. The summed E-state index contributed by atoms with van der Waals surface area (Å²) in [5.41, 5.74) is 5.22. The molecule has 0 saturated carbocycles. The summed E-state index contributed by atoms with van der Waals surface area (Å²) in [7, 11) is 0. The minimum atomic E-state index is -0.913. The Labute approximate surface area is 85.3 Å². The van der Waals surface area contributed by atoms with E-state index < -0.39 is 12.0 Å².